The van der Waals surface area contributed by atoms with Crippen molar-refractivity contribution >= 4 is 17.2 Å². The van der Waals surface area contributed by atoms with E-state index in [1.807, 2.05) is 11.8 Å². The Labute approximate surface area is 155 Å². The second kappa shape index (κ2) is 5.32. The molecule has 0 unspecified atom stereocenters. The Morgan fingerprint density at radius 1 is 1.33 bits per heavy atom. The van der Waals surface area contributed by atoms with Gasteiger partial charge in [0, 0.05) is 24.5 Å². The van der Waals surface area contributed by atoms with Crippen LogP contribution in [0.2, 0.25) is 0 Å². The van der Waals surface area contributed by atoms with Gasteiger partial charge in [-0.25, -0.2) is 9.18 Å². The van der Waals surface area contributed by atoms with Gasteiger partial charge in [-0.3, -0.25) is 9.20 Å². The molecule has 142 valence electrons. The highest BCUT2D eigenvalue weighted by molar-refractivity contribution is 5.89. The van der Waals surface area contributed by atoms with Gasteiger partial charge in [0.2, 0.25) is 0 Å². The summed E-state index contributed by atoms with van der Waals surface area (Å²) in [5, 5.41) is 9.37. The lowest BCUT2D eigenvalue weighted by molar-refractivity contribution is 0.0658. The zero-order valence-corrected chi connectivity index (χ0v) is 15.2. The molecule has 0 atom stereocenters. The maximum atomic E-state index is 15.0. The van der Waals surface area contributed by atoms with Gasteiger partial charge < -0.3 is 15.7 Å². The molecule has 0 radical (unpaired) electrons. The summed E-state index contributed by atoms with van der Waals surface area (Å²) < 4.78 is 16.2. The van der Waals surface area contributed by atoms with Gasteiger partial charge in [-0.15, -0.1) is 0 Å². The van der Waals surface area contributed by atoms with Crippen molar-refractivity contribution in [3.63, 3.8) is 0 Å². The van der Waals surface area contributed by atoms with Gasteiger partial charge >= 0.3 is 5.97 Å². The Morgan fingerprint density at radius 2 is 2.00 bits per heavy atom. The number of anilines is 1. The van der Waals surface area contributed by atoms with Crippen LogP contribution in [0.1, 0.15) is 53.1 Å². The minimum Gasteiger partial charge on any atom is -0.477 e. The topological polar surface area (TPSA) is 88.0 Å². The van der Waals surface area contributed by atoms with Crippen LogP contribution >= 0.6 is 0 Å². The Balaban J connectivity index is 1.66. The molecule has 2 saturated carbocycles. The number of nitrogens with zero attached hydrogens (tertiary/aromatic N) is 2. The monoisotopic (exact) mass is 371 g/mol. The lowest BCUT2D eigenvalue weighted by atomic mass is 9.61. The molecule has 5 rings (SSSR count). The van der Waals surface area contributed by atoms with Crippen molar-refractivity contribution in [2.75, 3.05) is 18.0 Å². The molecule has 0 aromatic carbocycles. The summed E-state index contributed by atoms with van der Waals surface area (Å²) in [4.78, 5) is 26.1. The number of halogens is 1. The van der Waals surface area contributed by atoms with Crippen molar-refractivity contribution in [1.29, 1.82) is 0 Å². The largest absolute Gasteiger partial charge is 0.477 e. The third kappa shape index (κ3) is 2.34. The molecule has 7 heteroatoms. The number of carbonyl (C=O) groups is 1. The van der Waals surface area contributed by atoms with Gasteiger partial charge in [-0.1, -0.05) is 0 Å². The molecule has 3 aliphatic rings. The zero-order chi connectivity index (χ0) is 19.1. The third-order valence-corrected chi connectivity index (χ3v) is 6.45. The molecule has 0 amide bonds. The lowest BCUT2D eigenvalue weighted by Crippen LogP contribution is -2.65. The summed E-state index contributed by atoms with van der Waals surface area (Å²) in [5.41, 5.74) is 7.91. The molecule has 3 N–H and O–H groups in total. The maximum absolute atomic E-state index is 15.0. The molecule has 2 aromatic heterocycles. The minimum atomic E-state index is -1.27. The minimum absolute atomic E-state index is 0.219. The van der Waals surface area contributed by atoms with Crippen LogP contribution in [0.15, 0.2) is 17.1 Å². The lowest BCUT2D eigenvalue weighted by Gasteiger charge is -2.59. The predicted octanol–water partition coefficient (Wildman–Crippen LogP) is 2.25. The normalized spacial score (nSPS) is 21.4. The number of hydrogen-bond acceptors (Lipinski definition) is 4. The number of pyridine rings is 2. The van der Waals surface area contributed by atoms with E-state index in [0.717, 1.165) is 50.5 Å². The second-order valence-corrected chi connectivity index (χ2v) is 8.59. The summed E-state index contributed by atoms with van der Waals surface area (Å²) in [6.07, 6.45) is 5.04. The molecule has 1 saturated heterocycles. The SMILES string of the molecule is Cc1c(N2CC3(CC(N)C3)C2)c(F)cn2c(=O)c(C(=O)O)cc(C3CC3)c12. The summed E-state index contributed by atoms with van der Waals surface area (Å²) in [5.74, 6) is -1.52. The van der Waals surface area contributed by atoms with Crippen molar-refractivity contribution in [3.8, 4) is 0 Å². The molecule has 27 heavy (non-hydrogen) atoms. The molecule has 2 aromatic rings. The van der Waals surface area contributed by atoms with Gasteiger partial charge in [0.05, 0.1) is 17.4 Å². The average Bonchev–Trinajstić information content (AvgIpc) is 3.36. The van der Waals surface area contributed by atoms with Crippen LogP contribution in [0.25, 0.3) is 5.52 Å². The van der Waals surface area contributed by atoms with E-state index in [-0.39, 0.29) is 22.9 Å². The molecule has 3 fully saturated rings. The Kier molecular flexibility index (Phi) is 3.30. The Morgan fingerprint density at radius 3 is 2.56 bits per heavy atom. The van der Waals surface area contributed by atoms with Crippen molar-refractivity contribution < 1.29 is 14.3 Å². The highest BCUT2D eigenvalue weighted by Gasteiger charge is 2.52. The van der Waals surface area contributed by atoms with Gasteiger partial charge in [0.1, 0.15) is 5.56 Å². The van der Waals surface area contributed by atoms with Crippen molar-refractivity contribution in [1.82, 2.24) is 4.40 Å². The van der Waals surface area contributed by atoms with Crippen molar-refractivity contribution in [2.24, 2.45) is 11.1 Å². The summed E-state index contributed by atoms with van der Waals surface area (Å²) in [6.45, 7) is 3.40. The van der Waals surface area contributed by atoms with E-state index in [0.29, 0.717) is 16.8 Å². The molecule has 1 spiro atoms. The van der Waals surface area contributed by atoms with Crippen LogP contribution in [0.5, 0.6) is 0 Å². The summed E-state index contributed by atoms with van der Waals surface area (Å²) >= 11 is 0. The fourth-order valence-corrected chi connectivity index (χ4v) is 5.12. The quantitative estimate of drug-likeness (QED) is 0.864. The number of rotatable bonds is 3. The number of carboxylic acids is 1. The maximum Gasteiger partial charge on any atom is 0.341 e. The van der Waals surface area contributed by atoms with Crippen LogP contribution in [-0.4, -0.2) is 34.6 Å². The van der Waals surface area contributed by atoms with E-state index < -0.39 is 17.3 Å². The van der Waals surface area contributed by atoms with E-state index in [9.17, 15) is 19.1 Å². The first-order chi connectivity index (χ1) is 12.8. The second-order valence-electron chi connectivity index (χ2n) is 8.59. The molecule has 1 aliphatic heterocycles. The average molecular weight is 371 g/mol. The highest BCUT2D eigenvalue weighted by Crippen LogP contribution is 2.50. The van der Waals surface area contributed by atoms with Gasteiger partial charge in [-0.2, -0.15) is 0 Å². The number of fused-ring (bicyclic) bond motifs is 1. The van der Waals surface area contributed by atoms with Crippen LogP contribution < -0.4 is 16.2 Å². The van der Waals surface area contributed by atoms with Crippen molar-refractivity contribution in [3.05, 3.63) is 45.1 Å². The Hall–Kier alpha value is -2.41. The summed E-state index contributed by atoms with van der Waals surface area (Å²) in [7, 11) is 0. The zero-order valence-electron chi connectivity index (χ0n) is 15.2. The molecule has 2 aliphatic carbocycles. The highest BCUT2D eigenvalue weighted by atomic mass is 19.1. The first kappa shape index (κ1) is 16.7. The molecular formula is C20H22FN3O3. The third-order valence-electron chi connectivity index (χ3n) is 6.45. The molecule has 6 nitrogen and oxygen atoms in total. The van der Waals surface area contributed by atoms with E-state index >= 15 is 0 Å². The number of aryl methyl sites for hydroxylation is 1. The number of hydrogen-bond donors (Lipinski definition) is 2. The molecule has 0 bridgehead atoms. The first-order valence-electron chi connectivity index (χ1n) is 9.42. The van der Waals surface area contributed by atoms with E-state index in [1.54, 1.807) is 0 Å². The van der Waals surface area contributed by atoms with Gasteiger partial charge in [-0.05, 0) is 55.7 Å². The van der Waals surface area contributed by atoms with Gasteiger partial charge in [0.25, 0.3) is 5.56 Å². The summed E-state index contributed by atoms with van der Waals surface area (Å²) in [6, 6.07) is 1.75. The predicted molar refractivity (Wildman–Crippen MR) is 99.2 cm³/mol. The smallest absolute Gasteiger partial charge is 0.341 e. The fraction of sp³-hybridized carbons (Fsp3) is 0.500. The number of aromatic carboxylic acids is 1. The van der Waals surface area contributed by atoms with Crippen LogP contribution in [0.4, 0.5) is 10.1 Å². The van der Waals surface area contributed by atoms with E-state index in [2.05, 4.69) is 0 Å². The first-order valence-corrected chi connectivity index (χ1v) is 9.42. The van der Waals surface area contributed by atoms with Crippen molar-refractivity contribution in [2.45, 2.75) is 44.6 Å². The van der Waals surface area contributed by atoms with E-state index in [1.165, 1.54) is 10.5 Å². The number of aromatic nitrogens is 1. The van der Waals surface area contributed by atoms with Gasteiger partial charge in [0.15, 0.2) is 5.82 Å². The van der Waals surface area contributed by atoms with Crippen LogP contribution in [-0.2, 0) is 0 Å². The molecular weight excluding hydrogens is 349 g/mol. The number of nitrogens with two attached hydrogens (primary N) is 1. The van der Waals surface area contributed by atoms with E-state index in [4.69, 9.17) is 5.73 Å². The van der Waals surface area contributed by atoms with Crippen LogP contribution in [0.3, 0.4) is 0 Å². The standard InChI is InChI=1S/C20H22FN3O3/c1-10-16-13(11-2-3-11)4-14(19(26)27)18(25)24(16)7-15(21)17(10)23-8-20(9-23)5-12(22)6-20/h4,7,11-12H,2-3,5-6,8-9,22H2,1H3,(H,26,27). The fourth-order valence-electron chi connectivity index (χ4n) is 5.12. The Bertz CT molecular complexity index is 1040. The van der Waals surface area contributed by atoms with Crippen LogP contribution in [0, 0.1) is 18.2 Å². The molecule has 3 heterocycles. The number of carboxylic acid groups (broad SMARTS) is 1.